The molecule has 2 aromatic rings. The third-order valence-corrected chi connectivity index (χ3v) is 5.26. The van der Waals surface area contributed by atoms with Gasteiger partial charge in [0, 0.05) is 25.2 Å². The Kier molecular flexibility index (Phi) is 6.56. The van der Waals surface area contributed by atoms with E-state index in [9.17, 15) is 9.18 Å². The zero-order chi connectivity index (χ0) is 19.2. The molecule has 1 aliphatic heterocycles. The number of carbonyl (C=O) groups is 1. The Morgan fingerprint density at radius 1 is 1.22 bits per heavy atom. The highest BCUT2D eigenvalue weighted by Crippen LogP contribution is 2.30. The van der Waals surface area contributed by atoms with Gasteiger partial charge in [0.25, 0.3) is 0 Å². The summed E-state index contributed by atoms with van der Waals surface area (Å²) in [6, 6.07) is 12.9. The minimum Gasteiger partial charge on any atom is -0.342 e. The highest BCUT2D eigenvalue weighted by Gasteiger charge is 2.29. The molecule has 0 saturated carbocycles. The zero-order valence-corrected chi connectivity index (χ0v) is 16.2. The maximum Gasteiger partial charge on any atom is 0.236 e. The van der Waals surface area contributed by atoms with Gasteiger partial charge in [-0.05, 0) is 63.1 Å². The number of likely N-dealkylation sites (tertiary alicyclic amines) is 1. The van der Waals surface area contributed by atoms with Crippen LogP contribution in [0.25, 0.3) is 0 Å². The molecule has 0 bridgehead atoms. The summed E-state index contributed by atoms with van der Waals surface area (Å²) in [7, 11) is 0. The lowest BCUT2D eigenvalue weighted by Crippen LogP contribution is -2.40. The van der Waals surface area contributed by atoms with Crippen molar-refractivity contribution in [3.05, 3.63) is 65.2 Å². The predicted molar refractivity (Wildman–Crippen MR) is 105 cm³/mol. The molecule has 2 heterocycles. The van der Waals surface area contributed by atoms with Crippen LogP contribution in [0.15, 0.2) is 42.5 Å². The summed E-state index contributed by atoms with van der Waals surface area (Å²) < 4.78 is 13.4. The first-order chi connectivity index (χ1) is 13.1. The van der Waals surface area contributed by atoms with Crippen LogP contribution in [-0.2, 0) is 11.2 Å². The lowest BCUT2D eigenvalue weighted by Gasteiger charge is -2.27. The monoisotopic (exact) mass is 369 g/mol. The summed E-state index contributed by atoms with van der Waals surface area (Å²) in [6.45, 7) is 6.89. The van der Waals surface area contributed by atoms with Crippen molar-refractivity contribution in [2.75, 3.05) is 26.2 Å². The van der Waals surface area contributed by atoms with E-state index in [1.54, 1.807) is 12.1 Å². The van der Waals surface area contributed by atoms with Crippen LogP contribution in [0.2, 0.25) is 0 Å². The van der Waals surface area contributed by atoms with Gasteiger partial charge < -0.3 is 4.90 Å². The number of hydrogen-bond acceptors (Lipinski definition) is 3. The summed E-state index contributed by atoms with van der Waals surface area (Å²) in [5.74, 6) is -0.0386. The molecule has 0 unspecified atom stereocenters. The number of pyridine rings is 1. The van der Waals surface area contributed by atoms with Crippen molar-refractivity contribution in [1.29, 1.82) is 0 Å². The van der Waals surface area contributed by atoms with Crippen molar-refractivity contribution in [3.63, 3.8) is 0 Å². The maximum atomic E-state index is 13.4. The Hall–Kier alpha value is -2.27. The molecule has 0 radical (unpaired) electrons. The molecule has 1 aromatic carbocycles. The Bertz CT molecular complexity index is 776. The second-order valence-corrected chi connectivity index (χ2v) is 7.06. The van der Waals surface area contributed by atoms with E-state index in [0.29, 0.717) is 13.0 Å². The van der Waals surface area contributed by atoms with E-state index >= 15 is 0 Å². The van der Waals surface area contributed by atoms with Crippen molar-refractivity contribution in [2.24, 2.45) is 0 Å². The average Bonchev–Trinajstić information content (AvgIpc) is 3.11. The third kappa shape index (κ3) is 4.92. The summed E-state index contributed by atoms with van der Waals surface area (Å²) in [5.41, 5.74) is 2.86. The molecule has 0 spiro atoms. The quantitative estimate of drug-likeness (QED) is 0.744. The lowest BCUT2D eigenvalue weighted by atomic mass is 10.1. The number of aromatic nitrogens is 1. The van der Waals surface area contributed by atoms with Gasteiger partial charge in [-0.1, -0.05) is 18.2 Å². The van der Waals surface area contributed by atoms with Crippen molar-refractivity contribution >= 4 is 5.91 Å². The smallest absolute Gasteiger partial charge is 0.236 e. The third-order valence-electron chi connectivity index (χ3n) is 5.26. The molecule has 4 nitrogen and oxygen atoms in total. The minimum atomic E-state index is -0.222. The second kappa shape index (κ2) is 9.09. The predicted octanol–water partition coefficient (Wildman–Crippen LogP) is 3.82. The number of benzene rings is 1. The van der Waals surface area contributed by atoms with Gasteiger partial charge in [-0.3, -0.25) is 14.7 Å². The van der Waals surface area contributed by atoms with E-state index in [0.717, 1.165) is 49.4 Å². The van der Waals surface area contributed by atoms with Crippen molar-refractivity contribution in [1.82, 2.24) is 14.8 Å². The van der Waals surface area contributed by atoms with Crippen molar-refractivity contribution < 1.29 is 9.18 Å². The van der Waals surface area contributed by atoms with E-state index in [2.05, 4.69) is 4.90 Å². The van der Waals surface area contributed by atoms with Crippen LogP contribution in [0.5, 0.6) is 0 Å². The van der Waals surface area contributed by atoms with Crippen LogP contribution in [0.4, 0.5) is 4.39 Å². The summed E-state index contributed by atoms with van der Waals surface area (Å²) in [6.07, 6.45) is 2.70. The first-order valence-corrected chi connectivity index (χ1v) is 9.82. The maximum absolute atomic E-state index is 13.4. The molecule has 1 atom stereocenters. The molecular weight excluding hydrogens is 341 g/mol. The number of nitrogens with zero attached hydrogens (tertiary/aromatic N) is 3. The highest BCUT2D eigenvalue weighted by atomic mass is 19.1. The Morgan fingerprint density at radius 2 is 2.00 bits per heavy atom. The largest absolute Gasteiger partial charge is 0.342 e. The minimum absolute atomic E-state index is 0.178. The molecule has 1 amide bonds. The summed E-state index contributed by atoms with van der Waals surface area (Å²) in [5, 5.41) is 0. The van der Waals surface area contributed by atoms with Gasteiger partial charge in [0.05, 0.1) is 18.3 Å². The summed E-state index contributed by atoms with van der Waals surface area (Å²) >= 11 is 0. The topological polar surface area (TPSA) is 36.4 Å². The molecule has 3 rings (SSSR count). The molecule has 0 N–H and O–H groups in total. The average molecular weight is 369 g/mol. The van der Waals surface area contributed by atoms with Crippen LogP contribution in [0.3, 0.4) is 0 Å². The summed E-state index contributed by atoms with van der Waals surface area (Å²) in [4.78, 5) is 21.5. The fraction of sp³-hybridized carbons (Fsp3) is 0.455. The molecule has 27 heavy (non-hydrogen) atoms. The molecule has 1 aliphatic rings. The number of amides is 1. The van der Waals surface area contributed by atoms with E-state index < -0.39 is 0 Å². The van der Waals surface area contributed by atoms with Crippen LogP contribution in [0.1, 0.15) is 49.7 Å². The van der Waals surface area contributed by atoms with E-state index in [1.807, 2.05) is 43.0 Å². The van der Waals surface area contributed by atoms with E-state index in [4.69, 9.17) is 4.98 Å². The van der Waals surface area contributed by atoms with Crippen LogP contribution in [-0.4, -0.2) is 46.9 Å². The van der Waals surface area contributed by atoms with Crippen LogP contribution in [0, 0.1) is 5.82 Å². The molecule has 1 saturated heterocycles. The molecule has 1 fully saturated rings. The number of rotatable bonds is 7. The van der Waals surface area contributed by atoms with Gasteiger partial charge >= 0.3 is 0 Å². The lowest BCUT2D eigenvalue weighted by molar-refractivity contribution is -0.132. The first kappa shape index (κ1) is 19.5. The number of halogens is 1. The Morgan fingerprint density at radius 3 is 2.74 bits per heavy atom. The fourth-order valence-corrected chi connectivity index (χ4v) is 3.84. The molecular formula is C22H28FN3O. The number of hydrogen-bond donors (Lipinski definition) is 0. The Labute approximate surface area is 161 Å². The van der Waals surface area contributed by atoms with Gasteiger partial charge in [0.15, 0.2) is 0 Å². The second-order valence-electron chi connectivity index (χ2n) is 7.06. The van der Waals surface area contributed by atoms with Crippen LogP contribution >= 0.6 is 0 Å². The van der Waals surface area contributed by atoms with Gasteiger partial charge in [0.1, 0.15) is 5.82 Å². The normalized spacial score (nSPS) is 17.2. The van der Waals surface area contributed by atoms with Crippen LogP contribution < -0.4 is 0 Å². The Balaban J connectivity index is 1.72. The van der Waals surface area contributed by atoms with Gasteiger partial charge in [-0.15, -0.1) is 0 Å². The van der Waals surface area contributed by atoms with Gasteiger partial charge in [-0.2, -0.15) is 0 Å². The van der Waals surface area contributed by atoms with E-state index in [1.165, 1.54) is 6.07 Å². The fourth-order valence-electron chi connectivity index (χ4n) is 3.84. The first-order valence-electron chi connectivity index (χ1n) is 9.82. The zero-order valence-electron chi connectivity index (χ0n) is 16.2. The standard InChI is InChI=1S/C22H28FN3O/c1-3-25(4-2)22(27)16-26-13-7-12-21(26)20-11-6-10-19(24-20)15-17-8-5-9-18(23)14-17/h5-6,8-11,14,21H,3-4,7,12-13,15-16H2,1-2H3/t21-/m0/s1. The molecule has 144 valence electrons. The number of carbonyl (C=O) groups excluding carboxylic acids is 1. The van der Waals surface area contributed by atoms with Gasteiger partial charge in [-0.25, -0.2) is 4.39 Å². The molecule has 0 aliphatic carbocycles. The van der Waals surface area contributed by atoms with Crippen molar-refractivity contribution in [2.45, 2.75) is 39.2 Å². The van der Waals surface area contributed by atoms with Crippen molar-refractivity contribution in [3.8, 4) is 0 Å². The van der Waals surface area contributed by atoms with E-state index in [-0.39, 0.29) is 17.8 Å². The number of likely N-dealkylation sites (N-methyl/N-ethyl adjacent to an activating group) is 1. The highest BCUT2D eigenvalue weighted by molar-refractivity contribution is 5.78. The molecule has 5 heteroatoms. The van der Waals surface area contributed by atoms with Gasteiger partial charge in [0.2, 0.25) is 5.91 Å². The SMILES string of the molecule is CCN(CC)C(=O)CN1CCC[C@H]1c1cccc(Cc2cccc(F)c2)n1. The molecule has 1 aromatic heterocycles.